The van der Waals surface area contributed by atoms with Crippen molar-refractivity contribution in [3.05, 3.63) is 34.9 Å². The topological polar surface area (TPSA) is 83.5 Å². The summed E-state index contributed by atoms with van der Waals surface area (Å²) in [4.78, 5) is 11.0. The maximum Gasteiger partial charge on any atom is 0.321 e. The molecule has 0 aliphatic rings. The van der Waals surface area contributed by atoms with Crippen molar-refractivity contribution >= 4 is 27.6 Å². The maximum absolute atomic E-state index is 12.0. The minimum Gasteiger partial charge on any atom is -0.480 e. The molecule has 0 unspecified atom stereocenters. The molecule has 20 heavy (non-hydrogen) atoms. The first kappa shape index (κ1) is 16.9. The number of carboxylic acid groups (broad SMARTS) is 1. The third-order valence-corrected chi connectivity index (χ3v) is 4.47. The van der Waals surface area contributed by atoms with Crippen LogP contribution in [0.4, 0.5) is 0 Å². The van der Waals surface area contributed by atoms with Crippen LogP contribution in [0.3, 0.4) is 0 Å². The summed E-state index contributed by atoms with van der Waals surface area (Å²) >= 11 is 5.90. The van der Waals surface area contributed by atoms with Gasteiger partial charge in [-0.3, -0.25) is 4.79 Å². The Labute approximate surface area is 124 Å². The first-order valence-electron chi connectivity index (χ1n) is 6.32. The molecule has 0 aliphatic carbocycles. The van der Waals surface area contributed by atoms with Crippen molar-refractivity contribution < 1.29 is 18.3 Å². The molecule has 7 heteroatoms. The van der Waals surface area contributed by atoms with Crippen molar-refractivity contribution in [3.8, 4) is 0 Å². The van der Waals surface area contributed by atoms with Crippen molar-refractivity contribution in [2.75, 3.05) is 0 Å². The van der Waals surface area contributed by atoms with Crippen molar-refractivity contribution in [1.82, 2.24) is 4.72 Å². The molecule has 0 saturated heterocycles. The average molecular weight is 320 g/mol. The first-order valence-corrected chi connectivity index (χ1v) is 8.35. The van der Waals surface area contributed by atoms with Crippen LogP contribution in [0.1, 0.15) is 31.7 Å². The van der Waals surface area contributed by atoms with Gasteiger partial charge >= 0.3 is 5.97 Å². The van der Waals surface area contributed by atoms with Crippen LogP contribution in [0, 0.1) is 0 Å². The Hall–Kier alpha value is -1.11. The number of sulfonamides is 1. The van der Waals surface area contributed by atoms with Crippen molar-refractivity contribution in [3.63, 3.8) is 0 Å². The summed E-state index contributed by atoms with van der Waals surface area (Å²) in [5, 5.41) is 9.38. The van der Waals surface area contributed by atoms with Gasteiger partial charge in [0.15, 0.2) is 0 Å². The molecule has 0 fully saturated rings. The second kappa shape index (κ2) is 7.61. The molecular weight excluding hydrogens is 302 g/mol. The normalized spacial score (nSPS) is 13.1. The predicted molar refractivity (Wildman–Crippen MR) is 78.2 cm³/mol. The van der Waals surface area contributed by atoms with E-state index in [0.29, 0.717) is 17.0 Å². The summed E-state index contributed by atoms with van der Waals surface area (Å²) in [6.07, 6.45) is 1.72. The van der Waals surface area contributed by atoms with Gasteiger partial charge in [0.25, 0.3) is 0 Å². The van der Waals surface area contributed by atoms with Crippen LogP contribution >= 0.6 is 11.6 Å². The predicted octanol–water partition coefficient (Wildman–Crippen LogP) is 2.40. The molecule has 5 nitrogen and oxygen atoms in total. The first-order chi connectivity index (χ1) is 9.35. The number of rotatable bonds is 8. The van der Waals surface area contributed by atoms with E-state index >= 15 is 0 Å². The summed E-state index contributed by atoms with van der Waals surface area (Å²) in [5.74, 6) is -1.50. The molecule has 2 N–H and O–H groups in total. The van der Waals surface area contributed by atoms with E-state index in [2.05, 4.69) is 4.72 Å². The number of halogens is 1. The standard InChI is InChI=1S/C13H18ClNO4S/c1-2-3-8-12(13(16)17)15-20(18,19)9-10-6-4-5-7-11(10)14/h4-7,12,15H,2-3,8-9H2,1H3,(H,16,17)/t12-/m0/s1. The molecule has 1 aromatic rings. The molecule has 1 atom stereocenters. The molecule has 0 amide bonds. The number of aliphatic carboxylic acids is 1. The number of hydrogen-bond acceptors (Lipinski definition) is 3. The zero-order chi connectivity index (χ0) is 15.2. The molecule has 1 rings (SSSR count). The largest absolute Gasteiger partial charge is 0.480 e. The van der Waals surface area contributed by atoms with E-state index in [0.717, 1.165) is 6.42 Å². The smallest absolute Gasteiger partial charge is 0.321 e. The lowest BCUT2D eigenvalue weighted by Crippen LogP contribution is -2.41. The zero-order valence-corrected chi connectivity index (χ0v) is 12.7. The molecule has 0 radical (unpaired) electrons. The third kappa shape index (κ3) is 5.48. The second-order valence-corrected chi connectivity index (χ2v) is 6.66. The van der Waals surface area contributed by atoms with Crippen molar-refractivity contribution in [2.24, 2.45) is 0 Å². The molecule has 0 spiro atoms. The van der Waals surface area contributed by atoms with E-state index in [9.17, 15) is 13.2 Å². The highest BCUT2D eigenvalue weighted by molar-refractivity contribution is 7.88. The van der Waals surface area contributed by atoms with Gasteiger partial charge in [-0.1, -0.05) is 49.6 Å². The lowest BCUT2D eigenvalue weighted by atomic mass is 10.1. The molecule has 0 heterocycles. The van der Waals surface area contributed by atoms with Gasteiger partial charge in [-0.2, -0.15) is 0 Å². The Kier molecular flexibility index (Phi) is 6.45. The van der Waals surface area contributed by atoms with Crippen LogP contribution in [-0.4, -0.2) is 25.5 Å². The number of benzene rings is 1. The number of carbonyl (C=O) groups is 1. The summed E-state index contributed by atoms with van der Waals surface area (Å²) in [7, 11) is -3.75. The van der Waals surface area contributed by atoms with E-state index in [1.165, 1.54) is 0 Å². The minimum atomic E-state index is -3.75. The highest BCUT2D eigenvalue weighted by atomic mass is 35.5. The number of hydrogen-bond donors (Lipinski definition) is 2. The van der Waals surface area contributed by atoms with Gasteiger partial charge in [-0.15, -0.1) is 0 Å². The highest BCUT2D eigenvalue weighted by Gasteiger charge is 2.24. The van der Waals surface area contributed by atoms with Gasteiger partial charge in [-0.05, 0) is 18.1 Å². The van der Waals surface area contributed by atoms with Crippen LogP contribution in [0.5, 0.6) is 0 Å². The Morgan fingerprint density at radius 1 is 1.40 bits per heavy atom. The van der Waals surface area contributed by atoms with Gasteiger partial charge in [0.05, 0.1) is 5.75 Å². The van der Waals surface area contributed by atoms with E-state index < -0.39 is 22.0 Å². The molecule has 0 bridgehead atoms. The summed E-state index contributed by atoms with van der Waals surface area (Å²) in [6.45, 7) is 1.91. The summed E-state index contributed by atoms with van der Waals surface area (Å²) < 4.78 is 26.2. The SMILES string of the molecule is CCCC[C@H](NS(=O)(=O)Cc1ccccc1Cl)C(=O)O. The monoisotopic (exact) mass is 319 g/mol. The van der Waals surface area contributed by atoms with Crippen molar-refractivity contribution in [2.45, 2.75) is 38.0 Å². The van der Waals surface area contributed by atoms with E-state index in [1.807, 2.05) is 6.92 Å². The fraction of sp³-hybridized carbons (Fsp3) is 0.462. The highest BCUT2D eigenvalue weighted by Crippen LogP contribution is 2.17. The molecule has 0 aliphatic heterocycles. The van der Waals surface area contributed by atoms with Crippen LogP contribution in [0.25, 0.3) is 0 Å². The van der Waals surface area contributed by atoms with E-state index in [1.54, 1.807) is 24.3 Å². The summed E-state index contributed by atoms with van der Waals surface area (Å²) in [6, 6.07) is 5.49. The van der Waals surface area contributed by atoms with Crippen LogP contribution in [-0.2, 0) is 20.6 Å². The number of unbranched alkanes of at least 4 members (excludes halogenated alkanes) is 1. The van der Waals surface area contributed by atoms with E-state index in [4.69, 9.17) is 16.7 Å². The quantitative estimate of drug-likeness (QED) is 0.770. The van der Waals surface area contributed by atoms with Crippen LogP contribution in [0.15, 0.2) is 24.3 Å². The molecule has 0 aromatic heterocycles. The molecule has 0 saturated carbocycles. The molecule has 1 aromatic carbocycles. The van der Waals surface area contributed by atoms with Gasteiger partial charge in [0, 0.05) is 5.02 Å². The Morgan fingerprint density at radius 3 is 2.60 bits per heavy atom. The Bertz CT molecular complexity index is 559. The fourth-order valence-corrected chi connectivity index (χ4v) is 3.40. The number of carboxylic acids is 1. The Balaban J connectivity index is 2.78. The lowest BCUT2D eigenvalue weighted by Gasteiger charge is -2.14. The van der Waals surface area contributed by atoms with Gasteiger partial charge in [-0.25, -0.2) is 13.1 Å². The van der Waals surface area contributed by atoms with Gasteiger partial charge in [0.2, 0.25) is 10.0 Å². The molecule has 112 valence electrons. The number of nitrogens with one attached hydrogen (secondary N) is 1. The summed E-state index contributed by atoms with van der Waals surface area (Å²) in [5.41, 5.74) is 0.446. The average Bonchev–Trinajstić information content (AvgIpc) is 2.36. The van der Waals surface area contributed by atoms with Gasteiger partial charge in [0.1, 0.15) is 6.04 Å². The lowest BCUT2D eigenvalue weighted by molar-refractivity contribution is -0.139. The maximum atomic E-state index is 12.0. The van der Waals surface area contributed by atoms with E-state index in [-0.39, 0.29) is 12.2 Å². The second-order valence-electron chi connectivity index (χ2n) is 4.50. The van der Waals surface area contributed by atoms with Crippen LogP contribution in [0.2, 0.25) is 5.02 Å². The van der Waals surface area contributed by atoms with Crippen molar-refractivity contribution in [1.29, 1.82) is 0 Å². The van der Waals surface area contributed by atoms with Crippen LogP contribution < -0.4 is 4.72 Å². The van der Waals surface area contributed by atoms with Gasteiger partial charge < -0.3 is 5.11 Å². The third-order valence-electron chi connectivity index (χ3n) is 2.77. The zero-order valence-electron chi connectivity index (χ0n) is 11.2. The molecular formula is C13H18ClNO4S. The fourth-order valence-electron chi connectivity index (χ4n) is 1.72. The minimum absolute atomic E-state index is 0.271. The Morgan fingerprint density at radius 2 is 2.05 bits per heavy atom.